The molecule has 1 rings (SSSR count). The fraction of sp³-hybridized carbons (Fsp3) is 0.333. The number of ether oxygens (including phenoxy) is 1. The number of hydrogen-bond donors (Lipinski definition) is 0. The average molecular weight is 208 g/mol. The van der Waals surface area contributed by atoms with Gasteiger partial charge in [0.25, 0.3) is 0 Å². The standard InChI is InChI=1S/C9H8F4O/c1-2-6-7(10)3-5(4-8(6)11)14-9(12)13/h3-4,9H,2H2,1H3. The Morgan fingerprint density at radius 1 is 1.21 bits per heavy atom. The van der Waals surface area contributed by atoms with Crippen LogP contribution in [0.3, 0.4) is 0 Å². The van der Waals surface area contributed by atoms with Crippen LogP contribution in [0.25, 0.3) is 0 Å². The first kappa shape index (κ1) is 10.8. The molecule has 1 aromatic carbocycles. The molecule has 0 fully saturated rings. The van der Waals surface area contributed by atoms with Gasteiger partial charge >= 0.3 is 6.61 Å². The lowest BCUT2D eigenvalue weighted by Gasteiger charge is -2.07. The molecule has 0 atom stereocenters. The minimum Gasteiger partial charge on any atom is -0.435 e. The summed E-state index contributed by atoms with van der Waals surface area (Å²) >= 11 is 0. The van der Waals surface area contributed by atoms with E-state index in [-0.39, 0.29) is 12.0 Å². The molecule has 0 amide bonds. The quantitative estimate of drug-likeness (QED) is 0.693. The molecule has 0 heterocycles. The molecule has 14 heavy (non-hydrogen) atoms. The minimum absolute atomic E-state index is 0.133. The van der Waals surface area contributed by atoms with E-state index in [0.717, 1.165) is 12.1 Å². The number of benzene rings is 1. The van der Waals surface area contributed by atoms with Crippen LogP contribution in [0.1, 0.15) is 12.5 Å². The zero-order chi connectivity index (χ0) is 10.7. The SMILES string of the molecule is CCc1c(F)cc(OC(F)F)cc1F. The number of alkyl halides is 2. The van der Waals surface area contributed by atoms with Crippen LogP contribution in [-0.4, -0.2) is 6.61 Å². The van der Waals surface area contributed by atoms with Crippen molar-refractivity contribution in [2.24, 2.45) is 0 Å². The maximum Gasteiger partial charge on any atom is 0.387 e. The molecule has 78 valence electrons. The summed E-state index contributed by atoms with van der Waals surface area (Å²) in [7, 11) is 0. The van der Waals surface area contributed by atoms with E-state index in [1.54, 1.807) is 6.92 Å². The van der Waals surface area contributed by atoms with Crippen molar-refractivity contribution in [1.29, 1.82) is 0 Å². The Morgan fingerprint density at radius 2 is 1.71 bits per heavy atom. The zero-order valence-corrected chi connectivity index (χ0v) is 7.36. The van der Waals surface area contributed by atoms with E-state index in [9.17, 15) is 17.6 Å². The Morgan fingerprint density at radius 3 is 2.07 bits per heavy atom. The van der Waals surface area contributed by atoms with Crippen molar-refractivity contribution in [2.45, 2.75) is 20.0 Å². The van der Waals surface area contributed by atoms with Crippen molar-refractivity contribution in [3.05, 3.63) is 29.3 Å². The zero-order valence-electron chi connectivity index (χ0n) is 7.36. The van der Waals surface area contributed by atoms with Crippen LogP contribution in [0, 0.1) is 11.6 Å². The van der Waals surface area contributed by atoms with Crippen LogP contribution in [0.15, 0.2) is 12.1 Å². The summed E-state index contributed by atoms with van der Waals surface area (Å²) in [5.74, 6) is -2.25. The van der Waals surface area contributed by atoms with Gasteiger partial charge in [-0.3, -0.25) is 0 Å². The van der Waals surface area contributed by atoms with Crippen molar-refractivity contribution in [3.63, 3.8) is 0 Å². The normalized spacial score (nSPS) is 10.7. The number of rotatable bonds is 3. The summed E-state index contributed by atoms with van der Waals surface area (Å²) in [6.07, 6.45) is 0.159. The van der Waals surface area contributed by atoms with Gasteiger partial charge in [-0.05, 0) is 6.42 Å². The molecule has 0 radical (unpaired) electrons. The smallest absolute Gasteiger partial charge is 0.387 e. The van der Waals surface area contributed by atoms with Gasteiger partial charge in [-0.15, -0.1) is 0 Å². The second kappa shape index (κ2) is 4.30. The van der Waals surface area contributed by atoms with Gasteiger partial charge in [-0.1, -0.05) is 6.92 Å². The third-order valence-corrected chi connectivity index (χ3v) is 1.69. The highest BCUT2D eigenvalue weighted by Gasteiger charge is 2.12. The Kier molecular flexibility index (Phi) is 3.33. The lowest BCUT2D eigenvalue weighted by Crippen LogP contribution is -2.04. The molecule has 0 aliphatic rings. The van der Waals surface area contributed by atoms with E-state index in [4.69, 9.17) is 0 Å². The van der Waals surface area contributed by atoms with E-state index < -0.39 is 24.0 Å². The average Bonchev–Trinajstić information content (AvgIpc) is 2.01. The predicted molar refractivity (Wildman–Crippen MR) is 42.4 cm³/mol. The molecule has 0 aromatic heterocycles. The van der Waals surface area contributed by atoms with Crippen LogP contribution < -0.4 is 4.74 Å². The lowest BCUT2D eigenvalue weighted by atomic mass is 10.1. The highest BCUT2D eigenvalue weighted by molar-refractivity contribution is 5.30. The van der Waals surface area contributed by atoms with Crippen molar-refractivity contribution in [1.82, 2.24) is 0 Å². The molecule has 1 nitrogen and oxygen atoms in total. The van der Waals surface area contributed by atoms with Crippen molar-refractivity contribution < 1.29 is 22.3 Å². The molecule has 0 spiro atoms. The Balaban J connectivity index is 3.01. The van der Waals surface area contributed by atoms with E-state index >= 15 is 0 Å². The minimum atomic E-state index is -3.08. The first-order valence-corrected chi connectivity index (χ1v) is 3.97. The first-order valence-electron chi connectivity index (χ1n) is 3.97. The van der Waals surface area contributed by atoms with Crippen molar-refractivity contribution in [3.8, 4) is 5.75 Å². The number of halogens is 4. The van der Waals surface area contributed by atoms with Crippen LogP contribution in [0.4, 0.5) is 17.6 Å². The molecule has 0 aliphatic heterocycles. The largest absolute Gasteiger partial charge is 0.435 e. The first-order chi connectivity index (χ1) is 6.54. The fourth-order valence-electron chi connectivity index (χ4n) is 1.09. The maximum absolute atomic E-state index is 13.0. The maximum atomic E-state index is 13.0. The Bertz CT molecular complexity index is 302. The molecule has 0 saturated carbocycles. The van der Waals surface area contributed by atoms with Crippen LogP contribution in [0.5, 0.6) is 5.75 Å². The predicted octanol–water partition coefficient (Wildman–Crippen LogP) is 3.13. The molecule has 0 N–H and O–H groups in total. The molecular weight excluding hydrogens is 200 g/mol. The third-order valence-electron chi connectivity index (χ3n) is 1.69. The molecule has 0 saturated heterocycles. The van der Waals surface area contributed by atoms with Crippen LogP contribution >= 0.6 is 0 Å². The monoisotopic (exact) mass is 208 g/mol. The molecule has 0 aliphatic carbocycles. The van der Waals surface area contributed by atoms with Gasteiger partial charge in [0.15, 0.2) is 0 Å². The topological polar surface area (TPSA) is 9.23 Å². The van der Waals surface area contributed by atoms with Gasteiger partial charge in [0, 0.05) is 17.7 Å². The van der Waals surface area contributed by atoms with Crippen LogP contribution in [0.2, 0.25) is 0 Å². The second-order valence-corrected chi connectivity index (χ2v) is 2.60. The highest BCUT2D eigenvalue weighted by Crippen LogP contribution is 2.22. The number of hydrogen-bond acceptors (Lipinski definition) is 1. The van der Waals surface area contributed by atoms with Gasteiger partial charge in [0.1, 0.15) is 17.4 Å². The molecular formula is C9H8F4O. The van der Waals surface area contributed by atoms with Crippen LogP contribution in [-0.2, 0) is 6.42 Å². The summed E-state index contributed by atoms with van der Waals surface area (Å²) in [5, 5.41) is 0. The third kappa shape index (κ3) is 2.37. The van der Waals surface area contributed by atoms with Gasteiger partial charge in [-0.2, -0.15) is 8.78 Å². The summed E-state index contributed by atoms with van der Waals surface area (Å²) < 4.78 is 53.3. The van der Waals surface area contributed by atoms with Crippen molar-refractivity contribution in [2.75, 3.05) is 0 Å². The molecule has 0 bridgehead atoms. The summed E-state index contributed by atoms with van der Waals surface area (Å²) in [6.45, 7) is -1.52. The van der Waals surface area contributed by atoms with E-state index in [1.165, 1.54) is 0 Å². The second-order valence-electron chi connectivity index (χ2n) is 2.60. The Hall–Kier alpha value is -1.26. The fourth-order valence-corrected chi connectivity index (χ4v) is 1.09. The summed E-state index contributed by atoms with van der Waals surface area (Å²) in [4.78, 5) is 0. The van der Waals surface area contributed by atoms with E-state index in [2.05, 4.69) is 4.74 Å². The molecule has 1 aromatic rings. The van der Waals surface area contributed by atoms with Gasteiger partial charge in [0.05, 0.1) is 0 Å². The summed E-state index contributed by atoms with van der Waals surface area (Å²) in [5.41, 5.74) is -0.133. The lowest BCUT2D eigenvalue weighted by molar-refractivity contribution is -0.0501. The summed E-state index contributed by atoms with van der Waals surface area (Å²) in [6, 6.07) is 1.49. The van der Waals surface area contributed by atoms with Crippen molar-refractivity contribution >= 4 is 0 Å². The van der Waals surface area contributed by atoms with E-state index in [0.29, 0.717) is 0 Å². The molecule has 5 heteroatoms. The van der Waals surface area contributed by atoms with E-state index in [1.807, 2.05) is 0 Å². The van der Waals surface area contributed by atoms with Gasteiger partial charge < -0.3 is 4.74 Å². The Labute approximate surface area is 78.3 Å². The van der Waals surface area contributed by atoms with Gasteiger partial charge in [-0.25, -0.2) is 8.78 Å². The highest BCUT2D eigenvalue weighted by atomic mass is 19.3. The van der Waals surface area contributed by atoms with Gasteiger partial charge in [0.2, 0.25) is 0 Å². The molecule has 0 unspecified atom stereocenters.